The van der Waals surface area contributed by atoms with Crippen LogP contribution in [0.4, 0.5) is 0 Å². The van der Waals surface area contributed by atoms with E-state index in [0.29, 0.717) is 11.3 Å². The summed E-state index contributed by atoms with van der Waals surface area (Å²) in [4.78, 5) is 36.7. The van der Waals surface area contributed by atoms with Crippen molar-refractivity contribution in [2.24, 2.45) is 0 Å². The van der Waals surface area contributed by atoms with Crippen LogP contribution in [0.25, 0.3) is 0 Å². The SMILES string of the molecule is COc1ccc(C(=O)O[C@@H]2O[C@@H]3CO[C@@H](c4ccc(O)cc4)O[C@H]3[C@H](OC(C)=O)[C@H]2OC(C)=O)cc1. The number of carbonyl (C=O) groups is 3. The van der Waals surface area contributed by atoms with Gasteiger partial charge >= 0.3 is 17.9 Å². The lowest BCUT2D eigenvalue weighted by Crippen LogP contribution is -2.64. The molecule has 2 aromatic rings. The zero-order valence-electron chi connectivity index (χ0n) is 19.8. The van der Waals surface area contributed by atoms with E-state index in [9.17, 15) is 19.5 Å². The van der Waals surface area contributed by atoms with E-state index in [1.807, 2.05) is 0 Å². The quantitative estimate of drug-likeness (QED) is 0.460. The number of hydrogen-bond acceptors (Lipinski definition) is 11. The molecule has 0 spiro atoms. The fourth-order valence-corrected chi connectivity index (χ4v) is 3.99. The lowest BCUT2D eigenvalue weighted by molar-refractivity contribution is -0.354. The molecule has 2 heterocycles. The van der Waals surface area contributed by atoms with E-state index >= 15 is 0 Å². The first-order valence-electron chi connectivity index (χ1n) is 11.2. The summed E-state index contributed by atoms with van der Waals surface area (Å²) >= 11 is 0. The number of methoxy groups -OCH3 is 1. The number of fused-ring (bicyclic) bond motifs is 1. The summed E-state index contributed by atoms with van der Waals surface area (Å²) in [6.45, 7) is 2.37. The van der Waals surface area contributed by atoms with Crippen molar-refractivity contribution in [2.75, 3.05) is 13.7 Å². The van der Waals surface area contributed by atoms with Crippen molar-refractivity contribution in [1.82, 2.24) is 0 Å². The number of hydrogen-bond donors (Lipinski definition) is 1. The predicted molar refractivity (Wildman–Crippen MR) is 120 cm³/mol. The van der Waals surface area contributed by atoms with Crippen molar-refractivity contribution in [1.29, 1.82) is 0 Å². The normalized spacial score (nSPS) is 27.3. The van der Waals surface area contributed by atoms with Gasteiger partial charge in [-0.2, -0.15) is 0 Å². The third-order valence-electron chi connectivity index (χ3n) is 5.60. The Labute approximate surface area is 206 Å². The summed E-state index contributed by atoms with van der Waals surface area (Å²) in [5.74, 6) is -1.49. The van der Waals surface area contributed by atoms with E-state index in [0.717, 1.165) is 0 Å². The number of benzene rings is 2. The van der Waals surface area contributed by atoms with Gasteiger partial charge in [-0.1, -0.05) is 12.1 Å². The Morgan fingerprint density at radius 1 is 0.861 bits per heavy atom. The first kappa shape index (κ1) is 25.4. The molecule has 0 amide bonds. The van der Waals surface area contributed by atoms with Crippen LogP contribution in [-0.4, -0.2) is 67.4 Å². The van der Waals surface area contributed by atoms with Gasteiger partial charge in [-0.05, 0) is 36.4 Å². The summed E-state index contributed by atoms with van der Waals surface area (Å²) in [5.41, 5.74) is 0.806. The van der Waals surface area contributed by atoms with Crippen LogP contribution < -0.4 is 4.74 Å². The highest BCUT2D eigenvalue weighted by atomic mass is 16.8. The maximum absolute atomic E-state index is 12.8. The number of phenols is 1. The second kappa shape index (κ2) is 10.9. The molecule has 0 aliphatic carbocycles. The minimum atomic E-state index is -1.41. The molecule has 192 valence electrons. The Hall–Kier alpha value is -3.67. The van der Waals surface area contributed by atoms with Gasteiger partial charge < -0.3 is 38.3 Å². The largest absolute Gasteiger partial charge is 0.508 e. The van der Waals surface area contributed by atoms with Gasteiger partial charge in [-0.3, -0.25) is 9.59 Å². The zero-order valence-corrected chi connectivity index (χ0v) is 19.8. The molecule has 0 saturated carbocycles. The topological polar surface area (TPSA) is 136 Å². The average Bonchev–Trinajstić information content (AvgIpc) is 2.86. The molecule has 0 unspecified atom stereocenters. The molecule has 11 heteroatoms. The Morgan fingerprint density at radius 2 is 1.50 bits per heavy atom. The van der Waals surface area contributed by atoms with Crippen LogP contribution in [0, 0.1) is 0 Å². The van der Waals surface area contributed by atoms with E-state index in [4.69, 9.17) is 33.2 Å². The van der Waals surface area contributed by atoms with Gasteiger partial charge in [-0.25, -0.2) is 4.79 Å². The number of ether oxygens (including phenoxy) is 7. The highest BCUT2D eigenvalue weighted by Crippen LogP contribution is 2.37. The third kappa shape index (κ3) is 5.76. The standard InChI is InChI=1S/C25H26O11/c1-13(26)32-21-20-19(12-31-24(35-20)16-4-8-17(28)9-5-16)34-25(22(21)33-14(2)27)36-23(29)15-6-10-18(30-3)11-7-15/h4-11,19-22,24-25,28H,12H2,1-3H3/t19-,20-,21+,22-,24-,25+/m1/s1. The number of esters is 3. The van der Waals surface area contributed by atoms with Crippen molar-refractivity contribution in [2.45, 2.75) is 50.8 Å². The molecule has 11 nitrogen and oxygen atoms in total. The van der Waals surface area contributed by atoms with Gasteiger partial charge in [0.1, 0.15) is 23.7 Å². The maximum Gasteiger partial charge on any atom is 0.340 e. The summed E-state index contributed by atoms with van der Waals surface area (Å²) in [5, 5.41) is 9.56. The van der Waals surface area contributed by atoms with Gasteiger partial charge in [0.05, 0.1) is 19.3 Å². The molecule has 6 atom stereocenters. The van der Waals surface area contributed by atoms with Crippen molar-refractivity contribution in [3.63, 3.8) is 0 Å². The molecule has 0 radical (unpaired) electrons. The van der Waals surface area contributed by atoms with Crippen LogP contribution in [-0.2, 0) is 38.0 Å². The van der Waals surface area contributed by atoms with Gasteiger partial charge in [0.15, 0.2) is 12.4 Å². The molecule has 2 saturated heterocycles. The maximum atomic E-state index is 12.8. The molecule has 2 aromatic carbocycles. The van der Waals surface area contributed by atoms with Gasteiger partial charge in [0, 0.05) is 19.4 Å². The molecular weight excluding hydrogens is 476 g/mol. The van der Waals surface area contributed by atoms with Crippen LogP contribution in [0.15, 0.2) is 48.5 Å². The van der Waals surface area contributed by atoms with Crippen molar-refractivity contribution < 1.29 is 52.6 Å². The van der Waals surface area contributed by atoms with E-state index < -0.39 is 54.9 Å². The zero-order chi connectivity index (χ0) is 25.8. The Morgan fingerprint density at radius 3 is 2.11 bits per heavy atom. The molecule has 2 aliphatic rings. The molecule has 1 N–H and O–H groups in total. The monoisotopic (exact) mass is 502 g/mol. The Balaban J connectivity index is 1.59. The molecule has 36 heavy (non-hydrogen) atoms. The Kier molecular flexibility index (Phi) is 7.73. The van der Waals surface area contributed by atoms with Crippen molar-refractivity contribution in [3.8, 4) is 11.5 Å². The number of carbonyl (C=O) groups excluding carboxylic acids is 3. The highest BCUT2D eigenvalue weighted by molar-refractivity contribution is 5.89. The minimum Gasteiger partial charge on any atom is -0.508 e. The van der Waals surface area contributed by atoms with Crippen LogP contribution in [0.2, 0.25) is 0 Å². The highest BCUT2D eigenvalue weighted by Gasteiger charge is 2.54. The van der Waals surface area contributed by atoms with E-state index in [-0.39, 0.29) is 17.9 Å². The minimum absolute atomic E-state index is 0.00263. The van der Waals surface area contributed by atoms with Crippen LogP contribution >= 0.6 is 0 Å². The van der Waals surface area contributed by atoms with E-state index in [1.165, 1.54) is 45.2 Å². The lowest BCUT2D eigenvalue weighted by atomic mass is 9.97. The first-order valence-corrected chi connectivity index (χ1v) is 11.2. The summed E-state index contributed by atoms with van der Waals surface area (Å²) in [7, 11) is 1.50. The van der Waals surface area contributed by atoms with E-state index in [1.54, 1.807) is 24.3 Å². The first-order chi connectivity index (χ1) is 17.2. The Bertz CT molecular complexity index is 1080. The lowest BCUT2D eigenvalue weighted by Gasteiger charge is -2.47. The van der Waals surface area contributed by atoms with Gasteiger partial charge in [0.25, 0.3) is 0 Å². The van der Waals surface area contributed by atoms with Crippen molar-refractivity contribution in [3.05, 3.63) is 59.7 Å². The molecular formula is C25H26O11. The van der Waals surface area contributed by atoms with Crippen LogP contribution in [0.1, 0.15) is 36.1 Å². The molecule has 0 aromatic heterocycles. The van der Waals surface area contributed by atoms with Crippen LogP contribution in [0.5, 0.6) is 11.5 Å². The van der Waals surface area contributed by atoms with E-state index in [2.05, 4.69) is 0 Å². The average molecular weight is 502 g/mol. The van der Waals surface area contributed by atoms with Gasteiger partial charge in [-0.15, -0.1) is 0 Å². The smallest absolute Gasteiger partial charge is 0.340 e. The second-order valence-electron chi connectivity index (χ2n) is 8.18. The number of phenolic OH excluding ortho intramolecular Hbond substituents is 1. The van der Waals surface area contributed by atoms with Crippen LogP contribution in [0.3, 0.4) is 0 Å². The summed E-state index contributed by atoms with van der Waals surface area (Å²) in [6.07, 6.45) is -6.49. The molecule has 4 rings (SSSR count). The second-order valence-corrected chi connectivity index (χ2v) is 8.18. The predicted octanol–water partition coefficient (Wildman–Crippen LogP) is 2.26. The van der Waals surface area contributed by atoms with Crippen molar-refractivity contribution >= 4 is 17.9 Å². The fourth-order valence-electron chi connectivity index (χ4n) is 3.99. The third-order valence-corrected chi connectivity index (χ3v) is 5.60. The molecule has 0 bridgehead atoms. The molecule has 2 aliphatic heterocycles. The number of aromatic hydroxyl groups is 1. The fraction of sp³-hybridized carbons (Fsp3) is 0.400. The molecule has 2 fully saturated rings. The van der Waals surface area contributed by atoms with Gasteiger partial charge in [0.2, 0.25) is 12.4 Å². The number of rotatable bonds is 6. The summed E-state index contributed by atoms with van der Waals surface area (Å²) in [6, 6.07) is 12.4. The summed E-state index contributed by atoms with van der Waals surface area (Å²) < 4.78 is 39.3.